The summed E-state index contributed by atoms with van der Waals surface area (Å²) in [7, 11) is 3.05. The van der Waals surface area contributed by atoms with Crippen molar-refractivity contribution in [1.82, 2.24) is 4.98 Å². The maximum Gasteiger partial charge on any atom is 0.305 e. The van der Waals surface area contributed by atoms with Crippen molar-refractivity contribution in [3.63, 3.8) is 0 Å². The Morgan fingerprint density at radius 3 is 2.57 bits per heavy atom. The third-order valence-corrected chi connectivity index (χ3v) is 4.15. The second-order valence-corrected chi connectivity index (χ2v) is 5.69. The van der Waals surface area contributed by atoms with E-state index < -0.39 is 0 Å². The molecule has 1 fully saturated rings. The average molecular weight is 312 g/mol. The van der Waals surface area contributed by atoms with Gasteiger partial charge in [0, 0.05) is 37.0 Å². The monoisotopic (exact) mass is 312 g/mol. The van der Waals surface area contributed by atoms with Gasteiger partial charge in [0.25, 0.3) is 0 Å². The number of rotatable bonds is 5. The molecule has 0 aliphatic carbocycles. The highest BCUT2D eigenvalue weighted by atomic mass is 16.5. The molecule has 0 N–H and O–H groups in total. The van der Waals surface area contributed by atoms with E-state index in [-0.39, 0.29) is 5.97 Å². The maximum atomic E-state index is 11.3. The van der Waals surface area contributed by atoms with E-state index in [2.05, 4.69) is 34.1 Å². The molecule has 120 valence electrons. The fourth-order valence-corrected chi connectivity index (χ4v) is 2.79. The fraction of sp³-hybridized carbons (Fsp3) is 0.333. The summed E-state index contributed by atoms with van der Waals surface area (Å²) in [6.07, 6.45) is 2.25. The largest absolute Gasteiger partial charge is 0.481 e. The molecular formula is C18H20N2O3. The van der Waals surface area contributed by atoms with Gasteiger partial charge in [-0.25, -0.2) is 4.98 Å². The molecule has 2 aromatic rings. The summed E-state index contributed by atoms with van der Waals surface area (Å²) in [6.45, 7) is 1.80. The van der Waals surface area contributed by atoms with Gasteiger partial charge in [-0.05, 0) is 29.3 Å². The molecule has 3 rings (SSSR count). The molecule has 1 aliphatic heterocycles. The number of hydrogen-bond donors (Lipinski definition) is 0. The Kier molecular flexibility index (Phi) is 4.46. The lowest BCUT2D eigenvalue weighted by molar-refractivity contribution is -0.141. The lowest BCUT2D eigenvalue weighted by Crippen LogP contribution is -2.47. The summed E-state index contributed by atoms with van der Waals surface area (Å²) < 4.78 is 9.87. The Labute approximate surface area is 135 Å². The normalized spacial score (nSPS) is 14.3. The third-order valence-electron chi connectivity index (χ3n) is 4.15. The number of carbonyl (C=O) groups excluding carboxylic acids is 1. The van der Waals surface area contributed by atoms with Gasteiger partial charge in [-0.1, -0.05) is 12.1 Å². The van der Waals surface area contributed by atoms with Crippen molar-refractivity contribution in [2.75, 3.05) is 32.2 Å². The Hall–Kier alpha value is -2.56. The summed E-state index contributed by atoms with van der Waals surface area (Å²) in [5.74, 6) is 0.878. The van der Waals surface area contributed by atoms with Crippen LogP contribution in [0.1, 0.15) is 6.42 Å². The first-order valence-electron chi connectivity index (χ1n) is 7.62. The molecule has 1 saturated heterocycles. The van der Waals surface area contributed by atoms with Crippen LogP contribution in [0.3, 0.4) is 0 Å². The number of esters is 1. The lowest BCUT2D eigenvalue weighted by Gasteiger charge is -2.40. The van der Waals surface area contributed by atoms with Crippen LogP contribution in [-0.2, 0) is 9.53 Å². The van der Waals surface area contributed by atoms with Crippen LogP contribution in [-0.4, -0.2) is 38.3 Å². The van der Waals surface area contributed by atoms with E-state index >= 15 is 0 Å². The highest BCUT2D eigenvalue weighted by molar-refractivity contribution is 5.70. The van der Waals surface area contributed by atoms with Crippen LogP contribution in [0.5, 0.6) is 5.88 Å². The van der Waals surface area contributed by atoms with Crippen LogP contribution in [0.25, 0.3) is 11.1 Å². The number of ether oxygens (including phenoxy) is 2. The first kappa shape index (κ1) is 15.3. The number of methoxy groups -OCH3 is 2. The first-order chi connectivity index (χ1) is 11.2. The van der Waals surface area contributed by atoms with Gasteiger partial charge in [0.05, 0.1) is 20.6 Å². The van der Waals surface area contributed by atoms with Crippen LogP contribution in [0.15, 0.2) is 42.6 Å². The maximum absolute atomic E-state index is 11.3. The Bertz CT molecular complexity index is 679. The first-order valence-corrected chi connectivity index (χ1v) is 7.62. The number of benzene rings is 1. The minimum Gasteiger partial charge on any atom is -0.481 e. The van der Waals surface area contributed by atoms with Crippen molar-refractivity contribution >= 4 is 11.7 Å². The third kappa shape index (κ3) is 3.44. The summed E-state index contributed by atoms with van der Waals surface area (Å²) >= 11 is 0. The van der Waals surface area contributed by atoms with E-state index in [1.807, 2.05) is 12.1 Å². The minimum absolute atomic E-state index is 0.128. The number of carbonyl (C=O) groups is 1. The van der Waals surface area contributed by atoms with E-state index in [1.165, 1.54) is 12.8 Å². The summed E-state index contributed by atoms with van der Waals surface area (Å²) in [5, 5.41) is 0. The Balaban J connectivity index is 1.63. The zero-order chi connectivity index (χ0) is 16.2. The summed E-state index contributed by atoms with van der Waals surface area (Å²) in [5.41, 5.74) is 3.38. The van der Waals surface area contributed by atoms with Crippen molar-refractivity contribution in [3.8, 4) is 17.0 Å². The number of aromatic nitrogens is 1. The molecule has 1 aromatic carbocycles. The van der Waals surface area contributed by atoms with Crippen LogP contribution >= 0.6 is 0 Å². The van der Waals surface area contributed by atoms with Gasteiger partial charge in [0.2, 0.25) is 5.88 Å². The molecule has 0 radical (unpaired) electrons. The SMILES string of the molecule is COC(=O)CC1CN(c2ccc(-c3ccnc(OC)c3)cc2)C1. The average Bonchev–Trinajstić information content (AvgIpc) is 2.57. The molecule has 0 atom stereocenters. The smallest absolute Gasteiger partial charge is 0.305 e. The second-order valence-electron chi connectivity index (χ2n) is 5.69. The zero-order valence-electron chi connectivity index (χ0n) is 13.4. The standard InChI is InChI=1S/C18H20N2O3/c1-22-17-10-15(7-8-19-17)14-3-5-16(6-4-14)20-11-13(12-20)9-18(21)23-2/h3-8,10,13H,9,11-12H2,1-2H3. The van der Waals surface area contributed by atoms with E-state index in [0.717, 1.165) is 24.2 Å². The highest BCUT2D eigenvalue weighted by Crippen LogP contribution is 2.29. The van der Waals surface area contributed by atoms with Gasteiger partial charge >= 0.3 is 5.97 Å². The lowest BCUT2D eigenvalue weighted by atomic mass is 9.95. The predicted molar refractivity (Wildman–Crippen MR) is 88.6 cm³/mol. The predicted octanol–water partition coefficient (Wildman–Crippen LogP) is 2.76. The topological polar surface area (TPSA) is 51.7 Å². The molecule has 0 bridgehead atoms. The quantitative estimate of drug-likeness (QED) is 0.795. The molecule has 5 heteroatoms. The van der Waals surface area contributed by atoms with Gasteiger partial charge in [0.15, 0.2) is 0 Å². The number of anilines is 1. The van der Waals surface area contributed by atoms with Gasteiger partial charge in [-0.3, -0.25) is 4.79 Å². The number of hydrogen-bond acceptors (Lipinski definition) is 5. The summed E-state index contributed by atoms with van der Waals surface area (Å²) in [4.78, 5) is 17.6. The molecule has 23 heavy (non-hydrogen) atoms. The van der Waals surface area contributed by atoms with Crippen molar-refractivity contribution in [3.05, 3.63) is 42.6 Å². The Morgan fingerprint density at radius 1 is 1.17 bits per heavy atom. The molecule has 2 heterocycles. The van der Waals surface area contributed by atoms with E-state index in [1.54, 1.807) is 13.3 Å². The van der Waals surface area contributed by atoms with Gasteiger partial charge in [0.1, 0.15) is 0 Å². The molecule has 0 spiro atoms. The van der Waals surface area contributed by atoms with Crippen LogP contribution in [0.2, 0.25) is 0 Å². The molecule has 0 unspecified atom stereocenters. The van der Waals surface area contributed by atoms with Gasteiger partial charge in [-0.2, -0.15) is 0 Å². The molecule has 1 aromatic heterocycles. The fourth-order valence-electron chi connectivity index (χ4n) is 2.79. The van der Waals surface area contributed by atoms with Crippen molar-refractivity contribution in [1.29, 1.82) is 0 Å². The number of nitrogens with zero attached hydrogens (tertiary/aromatic N) is 2. The van der Waals surface area contributed by atoms with Crippen LogP contribution < -0.4 is 9.64 Å². The van der Waals surface area contributed by atoms with Crippen molar-refractivity contribution in [2.24, 2.45) is 5.92 Å². The number of pyridine rings is 1. The molecule has 0 amide bonds. The van der Waals surface area contributed by atoms with E-state index in [4.69, 9.17) is 9.47 Å². The van der Waals surface area contributed by atoms with Gasteiger partial charge in [-0.15, -0.1) is 0 Å². The Morgan fingerprint density at radius 2 is 1.91 bits per heavy atom. The minimum atomic E-state index is -0.128. The molecular weight excluding hydrogens is 292 g/mol. The van der Waals surface area contributed by atoms with E-state index in [9.17, 15) is 4.79 Å². The van der Waals surface area contributed by atoms with Crippen molar-refractivity contribution in [2.45, 2.75) is 6.42 Å². The van der Waals surface area contributed by atoms with Crippen LogP contribution in [0, 0.1) is 5.92 Å². The van der Waals surface area contributed by atoms with Crippen LogP contribution in [0.4, 0.5) is 5.69 Å². The molecule has 0 saturated carbocycles. The highest BCUT2D eigenvalue weighted by Gasteiger charge is 2.29. The summed E-state index contributed by atoms with van der Waals surface area (Å²) in [6, 6.07) is 12.3. The molecule has 1 aliphatic rings. The zero-order valence-corrected chi connectivity index (χ0v) is 13.4. The second kappa shape index (κ2) is 6.69. The van der Waals surface area contributed by atoms with Gasteiger partial charge < -0.3 is 14.4 Å². The van der Waals surface area contributed by atoms with E-state index in [0.29, 0.717) is 18.2 Å². The van der Waals surface area contributed by atoms with Crippen molar-refractivity contribution < 1.29 is 14.3 Å². The molecule has 5 nitrogen and oxygen atoms in total.